The first kappa shape index (κ1) is 18.7. The molecule has 2 aromatic rings. The highest BCUT2D eigenvalue weighted by Crippen LogP contribution is 2.17. The fourth-order valence-corrected chi connectivity index (χ4v) is 3.89. The number of piperazine rings is 1. The Morgan fingerprint density at radius 1 is 1.08 bits per heavy atom. The Balaban J connectivity index is 1.54. The summed E-state index contributed by atoms with van der Waals surface area (Å²) < 4.78 is 1.49. The smallest absolute Gasteiger partial charge is 0.307 e. The topological polar surface area (TPSA) is 62.6 Å². The monoisotopic (exact) mass is 393 g/mol. The number of aromatic nitrogens is 1. The predicted molar refractivity (Wildman–Crippen MR) is 102 cm³/mol. The molecular formula is C18H20ClN3O3S. The van der Waals surface area contributed by atoms with E-state index in [0.717, 1.165) is 22.6 Å². The number of thiazole rings is 1. The van der Waals surface area contributed by atoms with Gasteiger partial charge < -0.3 is 9.80 Å². The molecule has 0 unspecified atom stereocenters. The summed E-state index contributed by atoms with van der Waals surface area (Å²) in [6, 6.07) is 7.32. The van der Waals surface area contributed by atoms with Gasteiger partial charge in [-0.3, -0.25) is 19.0 Å². The predicted octanol–water partition coefficient (Wildman–Crippen LogP) is 1.79. The van der Waals surface area contributed by atoms with E-state index in [1.54, 1.807) is 21.2 Å². The molecule has 6 nitrogen and oxygen atoms in total. The Kier molecular flexibility index (Phi) is 5.78. The van der Waals surface area contributed by atoms with Gasteiger partial charge in [-0.25, -0.2) is 0 Å². The van der Waals surface area contributed by atoms with E-state index in [9.17, 15) is 14.4 Å². The first-order valence-corrected chi connectivity index (χ1v) is 9.65. The lowest BCUT2D eigenvalue weighted by Crippen LogP contribution is -2.51. The zero-order chi connectivity index (χ0) is 18.7. The van der Waals surface area contributed by atoms with Crippen LogP contribution in [0.15, 0.2) is 34.4 Å². The van der Waals surface area contributed by atoms with E-state index < -0.39 is 0 Å². The first-order valence-electron chi connectivity index (χ1n) is 8.39. The van der Waals surface area contributed by atoms with Gasteiger partial charge in [0.25, 0.3) is 0 Å². The molecule has 0 atom stereocenters. The lowest BCUT2D eigenvalue weighted by molar-refractivity contribution is -0.139. The van der Waals surface area contributed by atoms with Gasteiger partial charge in [-0.1, -0.05) is 41.1 Å². The summed E-state index contributed by atoms with van der Waals surface area (Å²) >= 11 is 7.21. The summed E-state index contributed by atoms with van der Waals surface area (Å²) in [6.07, 6.45) is 0.261. The third-order valence-electron chi connectivity index (χ3n) is 4.55. The van der Waals surface area contributed by atoms with Crippen molar-refractivity contribution in [3.63, 3.8) is 0 Å². The molecule has 0 saturated carbocycles. The van der Waals surface area contributed by atoms with Crippen molar-refractivity contribution in [1.29, 1.82) is 0 Å². The van der Waals surface area contributed by atoms with Crippen LogP contribution in [-0.4, -0.2) is 52.4 Å². The van der Waals surface area contributed by atoms with Crippen LogP contribution in [0.1, 0.15) is 11.3 Å². The van der Waals surface area contributed by atoms with Gasteiger partial charge in [-0.15, -0.1) is 0 Å². The van der Waals surface area contributed by atoms with Gasteiger partial charge >= 0.3 is 4.87 Å². The third kappa shape index (κ3) is 4.16. The molecule has 1 saturated heterocycles. The Hall–Kier alpha value is -2.12. The minimum atomic E-state index is -0.121. The van der Waals surface area contributed by atoms with Gasteiger partial charge in [0.05, 0.1) is 6.42 Å². The highest BCUT2D eigenvalue weighted by molar-refractivity contribution is 7.07. The Morgan fingerprint density at radius 3 is 2.27 bits per heavy atom. The summed E-state index contributed by atoms with van der Waals surface area (Å²) in [4.78, 5) is 40.0. The highest BCUT2D eigenvalue weighted by atomic mass is 35.5. The standard InChI is InChI=1S/C18H20ClN3O3S/c1-13-12-26-18(25)22(13)11-17(24)21-8-6-20(7-9-21)16(23)10-14-4-2-3-5-15(14)19/h2-5,12H,6-11H2,1H3. The molecule has 0 radical (unpaired) electrons. The molecule has 138 valence electrons. The molecule has 0 spiro atoms. The van der Waals surface area contributed by atoms with Crippen LogP contribution in [0.5, 0.6) is 0 Å². The van der Waals surface area contributed by atoms with Gasteiger partial charge in [0.15, 0.2) is 0 Å². The number of hydrogen-bond acceptors (Lipinski definition) is 4. The van der Waals surface area contributed by atoms with Crippen molar-refractivity contribution in [2.45, 2.75) is 19.9 Å². The largest absolute Gasteiger partial charge is 0.339 e. The summed E-state index contributed by atoms with van der Waals surface area (Å²) in [7, 11) is 0. The van der Waals surface area contributed by atoms with Gasteiger partial charge in [-0.05, 0) is 18.6 Å². The van der Waals surface area contributed by atoms with Gasteiger partial charge in [-0.2, -0.15) is 0 Å². The van der Waals surface area contributed by atoms with Crippen molar-refractivity contribution in [1.82, 2.24) is 14.4 Å². The zero-order valence-corrected chi connectivity index (χ0v) is 16.1. The fourth-order valence-electron chi connectivity index (χ4n) is 2.95. The van der Waals surface area contributed by atoms with E-state index in [2.05, 4.69) is 0 Å². The molecule has 1 aliphatic rings. The van der Waals surface area contributed by atoms with E-state index >= 15 is 0 Å². The Bertz CT molecular complexity index is 869. The quantitative estimate of drug-likeness (QED) is 0.795. The van der Waals surface area contributed by atoms with Crippen LogP contribution in [0.3, 0.4) is 0 Å². The van der Waals surface area contributed by atoms with Crippen molar-refractivity contribution < 1.29 is 9.59 Å². The molecule has 8 heteroatoms. The molecule has 3 rings (SSSR count). The molecule has 1 fully saturated rings. The number of carbonyl (C=O) groups is 2. The summed E-state index contributed by atoms with van der Waals surface area (Å²) in [6.45, 7) is 3.81. The molecule has 2 heterocycles. The molecule has 26 heavy (non-hydrogen) atoms. The molecule has 0 N–H and O–H groups in total. The van der Waals surface area contributed by atoms with Crippen LogP contribution in [0.4, 0.5) is 0 Å². The summed E-state index contributed by atoms with van der Waals surface area (Å²) in [5, 5.41) is 2.34. The van der Waals surface area contributed by atoms with Crippen LogP contribution < -0.4 is 4.87 Å². The van der Waals surface area contributed by atoms with Gasteiger partial charge in [0.1, 0.15) is 6.54 Å². The molecule has 0 bridgehead atoms. The highest BCUT2D eigenvalue weighted by Gasteiger charge is 2.25. The molecule has 1 aliphatic heterocycles. The van der Waals surface area contributed by atoms with E-state index in [4.69, 9.17) is 11.6 Å². The molecule has 2 amide bonds. The van der Waals surface area contributed by atoms with E-state index in [1.165, 1.54) is 4.57 Å². The van der Waals surface area contributed by atoms with Crippen LogP contribution in [0.25, 0.3) is 0 Å². The second-order valence-electron chi connectivity index (χ2n) is 6.26. The van der Waals surface area contributed by atoms with Crippen molar-refractivity contribution >= 4 is 34.8 Å². The molecule has 1 aromatic heterocycles. The van der Waals surface area contributed by atoms with Crippen molar-refractivity contribution in [3.05, 3.63) is 55.6 Å². The minimum absolute atomic E-state index is 0.00935. The van der Waals surface area contributed by atoms with Crippen LogP contribution in [0, 0.1) is 6.92 Å². The number of amides is 2. The van der Waals surface area contributed by atoms with Crippen molar-refractivity contribution in [2.75, 3.05) is 26.2 Å². The number of carbonyl (C=O) groups excluding carboxylic acids is 2. The average molecular weight is 394 g/mol. The number of halogens is 1. The normalized spacial score (nSPS) is 14.5. The Morgan fingerprint density at radius 2 is 1.69 bits per heavy atom. The maximum atomic E-state index is 12.5. The number of aryl methyl sites for hydroxylation is 1. The number of rotatable bonds is 4. The maximum absolute atomic E-state index is 12.5. The van der Waals surface area contributed by atoms with Gasteiger partial charge in [0, 0.05) is 42.3 Å². The summed E-state index contributed by atoms with van der Waals surface area (Å²) in [5.74, 6) is -0.0816. The number of nitrogens with zero attached hydrogens (tertiary/aromatic N) is 3. The average Bonchev–Trinajstić information content (AvgIpc) is 2.95. The molecule has 1 aromatic carbocycles. The number of benzene rings is 1. The molecule has 0 aliphatic carbocycles. The summed E-state index contributed by atoms with van der Waals surface area (Å²) in [5.41, 5.74) is 1.60. The van der Waals surface area contributed by atoms with Crippen LogP contribution in [-0.2, 0) is 22.6 Å². The van der Waals surface area contributed by atoms with Crippen LogP contribution >= 0.6 is 22.9 Å². The van der Waals surface area contributed by atoms with E-state index in [-0.39, 0.29) is 29.7 Å². The van der Waals surface area contributed by atoms with Crippen LogP contribution in [0.2, 0.25) is 5.02 Å². The lowest BCUT2D eigenvalue weighted by atomic mass is 10.1. The number of hydrogen-bond donors (Lipinski definition) is 0. The zero-order valence-electron chi connectivity index (χ0n) is 14.5. The Labute approximate surface area is 160 Å². The fraction of sp³-hybridized carbons (Fsp3) is 0.389. The van der Waals surface area contributed by atoms with Crippen molar-refractivity contribution in [3.8, 4) is 0 Å². The van der Waals surface area contributed by atoms with Gasteiger partial charge in [0.2, 0.25) is 11.8 Å². The van der Waals surface area contributed by atoms with Crippen molar-refractivity contribution in [2.24, 2.45) is 0 Å². The maximum Gasteiger partial charge on any atom is 0.307 e. The van der Waals surface area contributed by atoms with E-state index in [0.29, 0.717) is 31.2 Å². The minimum Gasteiger partial charge on any atom is -0.339 e. The lowest BCUT2D eigenvalue weighted by Gasteiger charge is -2.35. The van der Waals surface area contributed by atoms with E-state index in [1.807, 2.05) is 25.1 Å². The SMILES string of the molecule is Cc1csc(=O)n1CC(=O)N1CCN(C(=O)Cc2ccccc2Cl)CC1. The molecular weight excluding hydrogens is 374 g/mol. The first-order chi connectivity index (χ1) is 12.5. The second kappa shape index (κ2) is 8.05. The third-order valence-corrected chi connectivity index (χ3v) is 5.80. The second-order valence-corrected chi connectivity index (χ2v) is 7.49.